The lowest BCUT2D eigenvalue weighted by atomic mass is 9.48. The predicted molar refractivity (Wildman–Crippen MR) is 404 cm³/mol. The Kier molecular flexibility index (Phi) is 28.7. The van der Waals surface area contributed by atoms with Crippen LogP contribution in [0.4, 0.5) is 18.9 Å². The molecule has 100 heavy (non-hydrogen) atoms. The second kappa shape index (κ2) is 34.8. The molecule has 0 radical (unpaired) electrons. The van der Waals surface area contributed by atoms with Crippen LogP contribution < -0.4 is 5.73 Å². The maximum absolute atomic E-state index is 13.3. The summed E-state index contributed by atoms with van der Waals surface area (Å²) in [5.74, 6) is -3.49. The summed E-state index contributed by atoms with van der Waals surface area (Å²) in [6.07, 6.45) is -2.57. The lowest BCUT2D eigenvalue weighted by Crippen LogP contribution is -2.61. The molecule has 4 aliphatic carbocycles. The summed E-state index contributed by atoms with van der Waals surface area (Å²) in [6, 6.07) is 49.2. The molecule has 4 aliphatic rings. The van der Waals surface area contributed by atoms with Gasteiger partial charge < -0.3 is 39.1 Å². The standard InChI is InChI=1S/C20H29F3O7S.C18H13S.C15H19I2NO4.C15H22O2.C10H14O/c1-4-17(2,3)15(24)30-19-8-12-5-13(9-19)7-18(6-12,11-19)16(25)29-14(20(21,22)23)10-31(26,27)28;1-2-8-14(9-3-1)19-17-12-6-4-10-15(17)16-11-5-7-13-18(16)19;1-4-15(2,3)14(20)22-6-5-21-13(19)10-7-9(16)8-11(17)12(10)18;1-6-14(2,3)13(16)17-15(4,5)12-10-8-7-9-11-12;1-3-8(2)9-5-4-6-10(11)7-9/h12-14H,4-11H2,1-3H3,(H,26,27,28);1-13H;7-8H,4-6,18H2,1-3H3;7-11H,6H2,1-5H3;4-8,11H,3H2,1-2H3/q;+1;;;/p-1. The van der Waals surface area contributed by atoms with Crippen molar-refractivity contribution in [2.45, 2.75) is 184 Å². The molecule has 7 aromatic rings. The second-order valence-electron chi connectivity index (χ2n) is 28.6. The summed E-state index contributed by atoms with van der Waals surface area (Å²) in [7, 11) is -5.21. The Bertz CT molecular complexity index is 4000. The number of rotatable bonds is 20. The minimum atomic E-state index is -5.27. The molecule has 0 spiro atoms. The van der Waals surface area contributed by atoms with E-state index >= 15 is 0 Å². The number of phenolic OH excluding ortho intramolecular Hbond substituents is 1. The summed E-state index contributed by atoms with van der Waals surface area (Å²) < 4.78 is 103. The predicted octanol–water partition coefficient (Wildman–Crippen LogP) is 19.5. The van der Waals surface area contributed by atoms with Crippen molar-refractivity contribution in [3.05, 3.63) is 169 Å². The number of nitrogen functional groups attached to an aromatic ring is 1. The van der Waals surface area contributed by atoms with Crippen molar-refractivity contribution in [3.8, 4) is 10.6 Å². The average molecular weight is 1650 g/mol. The summed E-state index contributed by atoms with van der Waals surface area (Å²) in [5, 5.41) is 11.9. The molecule has 6 aromatic carbocycles. The number of carbonyl (C=O) groups is 5. The molecule has 4 saturated carbocycles. The number of aromatic hydroxyl groups is 1. The smallest absolute Gasteiger partial charge is 0.426 e. The van der Waals surface area contributed by atoms with Crippen LogP contribution >= 0.6 is 55.7 Å². The molecule has 3 N–H and O–H groups in total. The van der Waals surface area contributed by atoms with Gasteiger partial charge in [-0.2, -0.15) is 13.2 Å². The quantitative estimate of drug-likeness (QED) is 0.0137. The number of carbonyl (C=O) groups excluding carboxylic acids is 5. The van der Waals surface area contributed by atoms with Crippen LogP contribution in [0.1, 0.15) is 182 Å². The van der Waals surface area contributed by atoms with E-state index in [4.69, 9.17) is 29.8 Å². The van der Waals surface area contributed by atoms with E-state index in [9.17, 15) is 50.1 Å². The van der Waals surface area contributed by atoms with Crippen molar-refractivity contribution in [2.24, 2.45) is 33.5 Å². The first kappa shape index (κ1) is 82.6. The molecule has 22 heteroatoms. The van der Waals surface area contributed by atoms with E-state index in [1.165, 1.54) is 30.6 Å². The molecule has 1 aromatic heterocycles. The third-order valence-corrected chi connectivity index (χ3v) is 23.8. The molecule has 15 nitrogen and oxygen atoms in total. The first-order valence-corrected chi connectivity index (χ1v) is 38.7. The van der Waals surface area contributed by atoms with Crippen molar-refractivity contribution in [1.29, 1.82) is 0 Å². The molecule has 4 fully saturated rings. The van der Waals surface area contributed by atoms with Gasteiger partial charge in [0.15, 0.2) is 14.3 Å². The highest BCUT2D eigenvalue weighted by Crippen LogP contribution is 2.64. The second-order valence-corrected chi connectivity index (χ2v) is 34.4. The number of alkyl halides is 3. The number of fused-ring (bicyclic) bond motifs is 3. The maximum Gasteiger partial charge on any atom is 0.426 e. The van der Waals surface area contributed by atoms with Gasteiger partial charge in [-0.3, -0.25) is 19.2 Å². The lowest BCUT2D eigenvalue weighted by Gasteiger charge is -2.60. The van der Waals surface area contributed by atoms with Gasteiger partial charge in [0.05, 0.1) is 48.8 Å². The zero-order valence-corrected chi connectivity index (χ0v) is 65.3. The molecule has 4 bridgehead atoms. The third-order valence-electron chi connectivity index (χ3n) is 19.2. The summed E-state index contributed by atoms with van der Waals surface area (Å²) in [5.41, 5.74) is 4.35. The van der Waals surface area contributed by atoms with Gasteiger partial charge in [0.1, 0.15) is 30.2 Å². The van der Waals surface area contributed by atoms with Crippen LogP contribution in [0, 0.1) is 40.6 Å². The minimum Gasteiger partial charge on any atom is -0.748 e. The number of anilines is 1. The highest BCUT2D eigenvalue weighted by atomic mass is 127. The van der Waals surface area contributed by atoms with Crippen LogP contribution in [-0.4, -0.2) is 84.8 Å². The first-order chi connectivity index (χ1) is 46.7. The van der Waals surface area contributed by atoms with Crippen LogP contribution in [-0.2, 0) is 58.6 Å². The molecule has 1 heterocycles. The Hall–Kier alpha value is -6.35. The Morgan fingerprint density at radius 3 is 1.67 bits per heavy atom. The van der Waals surface area contributed by atoms with E-state index < -0.39 is 78.9 Å². The molecule has 0 aliphatic heterocycles. The fourth-order valence-corrected chi connectivity index (χ4v) is 17.1. The van der Waals surface area contributed by atoms with E-state index in [0.717, 1.165) is 32.0 Å². The number of thiophene rings is 1. The highest BCUT2D eigenvalue weighted by molar-refractivity contribution is 14.1. The third kappa shape index (κ3) is 22.1. The van der Waals surface area contributed by atoms with Crippen LogP contribution in [0.25, 0.3) is 25.1 Å². The van der Waals surface area contributed by atoms with E-state index in [1.54, 1.807) is 26.0 Å². The van der Waals surface area contributed by atoms with Crippen molar-refractivity contribution in [2.75, 3.05) is 24.7 Å². The van der Waals surface area contributed by atoms with E-state index in [0.29, 0.717) is 61.4 Å². The Labute approximate surface area is 617 Å². The van der Waals surface area contributed by atoms with Gasteiger partial charge in [0.2, 0.25) is 6.10 Å². The van der Waals surface area contributed by atoms with E-state index in [-0.39, 0.29) is 53.9 Å². The minimum absolute atomic E-state index is 0.00100. The summed E-state index contributed by atoms with van der Waals surface area (Å²) in [4.78, 5) is 62.9. The molecular weight excluding hydrogens is 1550 g/mol. The van der Waals surface area contributed by atoms with Gasteiger partial charge in [-0.15, -0.1) is 0 Å². The molecule has 0 amide bonds. The van der Waals surface area contributed by atoms with Gasteiger partial charge in [-0.25, -0.2) is 13.2 Å². The largest absolute Gasteiger partial charge is 0.748 e. The van der Waals surface area contributed by atoms with Gasteiger partial charge in [0.25, 0.3) is 0 Å². The van der Waals surface area contributed by atoms with Crippen LogP contribution in [0.15, 0.2) is 146 Å². The SMILES string of the molecule is CCC(C)(C)C(=O)OC(C)(C)c1ccccc1.CCC(C)(C)C(=O)OC12CC3CC(C1)CC(C(=O)OC(CS(=O)(=O)[O-])C(F)(F)F)(C3)C2.CCC(C)(C)C(=O)OCCOC(=O)c1cc(I)cc(I)c1N.CCC(C)c1cccc(O)c1.c1ccc(-[s+]2c3ccccc3c3ccccc32)cc1. The number of nitrogens with two attached hydrogens (primary N) is 1. The molecule has 4 atom stereocenters. The van der Waals surface area contributed by atoms with Gasteiger partial charge in [-0.05, 0) is 248 Å². The number of halogens is 5. The normalized spacial score (nSPS) is 18.6. The first-order valence-electron chi connectivity index (χ1n) is 33.8. The highest BCUT2D eigenvalue weighted by Gasteiger charge is 2.64. The topological polar surface area (TPSA) is 235 Å². The molecule has 544 valence electrons. The number of hydrogen-bond donors (Lipinski definition) is 2. The van der Waals surface area contributed by atoms with Crippen molar-refractivity contribution in [3.63, 3.8) is 0 Å². The van der Waals surface area contributed by atoms with E-state index in [1.807, 2.05) is 117 Å². The fourth-order valence-electron chi connectivity index (χ4n) is 12.2. The number of hydrogen-bond acceptors (Lipinski definition) is 15. The Morgan fingerprint density at radius 2 is 1.16 bits per heavy atom. The molecule has 0 saturated heterocycles. The fraction of sp³-hybridized carbons (Fsp3) is 0.474. The number of ether oxygens (including phenoxy) is 5. The van der Waals surface area contributed by atoms with Crippen molar-refractivity contribution in [1.82, 2.24) is 0 Å². The Balaban J connectivity index is 0.000000204. The monoisotopic (exact) mass is 1650 g/mol. The molecule has 11 rings (SSSR count). The zero-order chi connectivity index (χ0) is 74.4. The molecule has 4 unspecified atom stereocenters. The van der Waals surface area contributed by atoms with Crippen LogP contribution in [0.5, 0.6) is 5.75 Å². The average Bonchev–Trinajstić information content (AvgIpc) is 0.860. The van der Waals surface area contributed by atoms with E-state index in [2.05, 4.69) is 143 Å². The molecular formula is C78H96F3I2NO14S2. The Morgan fingerprint density at radius 1 is 0.660 bits per heavy atom. The van der Waals surface area contributed by atoms with Crippen LogP contribution in [0.2, 0.25) is 0 Å². The zero-order valence-electron chi connectivity index (χ0n) is 59.4. The number of benzene rings is 6. The van der Waals surface area contributed by atoms with Gasteiger partial charge in [0, 0.05) is 34.8 Å². The van der Waals surface area contributed by atoms with Gasteiger partial charge in [-0.1, -0.05) is 120 Å². The van der Waals surface area contributed by atoms with Crippen molar-refractivity contribution < 1.29 is 78.9 Å². The maximum atomic E-state index is 13.3. The summed E-state index contributed by atoms with van der Waals surface area (Å²) in [6.45, 7) is 24.9. The lowest BCUT2D eigenvalue weighted by molar-refractivity contribution is -0.239. The van der Waals surface area contributed by atoms with Crippen molar-refractivity contribution >= 4 is 121 Å². The number of phenols is 1. The van der Waals surface area contributed by atoms with Crippen LogP contribution in [0.3, 0.4) is 0 Å². The van der Waals surface area contributed by atoms with Gasteiger partial charge >= 0.3 is 36.0 Å². The summed E-state index contributed by atoms with van der Waals surface area (Å²) >= 11 is 4.18. The number of esters is 5.